The van der Waals surface area contributed by atoms with E-state index in [1.807, 2.05) is 0 Å². The third-order valence-corrected chi connectivity index (χ3v) is 8.79. The molecule has 0 aromatic carbocycles. The monoisotopic (exact) mass is 556 g/mol. The molecule has 0 radical (unpaired) electrons. The van der Waals surface area contributed by atoms with Crippen molar-refractivity contribution in [2.24, 2.45) is 0 Å². The quantitative estimate of drug-likeness (QED) is 0.0745. The largest absolute Gasteiger partial charge is 0.518 e. The molecule has 0 saturated carbocycles. The molecule has 0 aromatic heterocycles. The van der Waals surface area contributed by atoms with Crippen LogP contribution in [0.15, 0.2) is 0 Å². The average Bonchev–Trinajstić information content (AvgIpc) is 2.79. The molecule has 0 saturated heterocycles. The smallest absolute Gasteiger partial charge is 0.320 e. The molecular weight excluding hydrogens is 489 g/mol. The van der Waals surface area contributed by atoms with Crippen LogP contribution in [0.4, 0.5) is 0 Å². The molecule has 0 amide bonds. The van der Waals surface area contributed by atoms with Gasteiger partial charge in [0.2, 0.25) is 8.32 Å². The van der Waals surface area contributed by atoms with Gasteiger partial charge in [-0.1, -0.05) is 148 Å². The first-order chi connectivity index (χ1) is 17.5. The summed E-state index contributed by atoms with van der Waals surface area (Å²) in [6, 6.07) is 0. The van der Waals surface area contributed by atoms with Gasteiger partial charge in [-0.3, -0.25) is 4.79 Å². The summed E-state index contributed by atoms with van der Waals surface area (Å²) < 4.78 is 11.9. The lowest BCUT2D eigenvalue weighted by Gasteiger charge is -2.28. The number of carbonyl (C=O) groups excluding carboxylic acids is 1. The summed E-state index contributed by atoms with van der Waals surface area (Å²) in [6.45, 7) is 15.0. The molecule has 0 spiro atoms. The number of rotatable bonds is 27. The van der Waals surface area contributed by atoms with Crippen LogP contribution in [0.5, 0.6) is 0 Å². The predicted octanol–water partition coefficient (Wildman–Crippen LogP) is 11.6. The van der Waals surface area contributed by atoms with Crippen LogP contribution >= 0.6 is 0 Å². The first kappa shape index (κ1) is 36.9. The van der Waals surface area contributed by atoms with Crippen molar-refractivity contribution in [3.63, 3.8) is 0 Å². The van der Waals surface area contributed by atoms with Gasteiger partial charge in [-0.2, -0.15) is 0 Å². The highest BCUT2D eigenvalue weighted by Crippen LogP contribution is 2.19. The first-order valence-corrected chi connectivity index (χ1v) is 23.3. The van der Waals surface area contributed by atoms with Gasteiger partial charge in [-0.25, -0.2) is 0 Å². The minimum Gasteiger partial charge on any atom is -0.518 e. The van der Waals surface area contributed by atoms with E-state index in [0.717, 1.165) is 12.8 Å². The number of unbranched alkanes of at least 4 members (excludes halogenated alkanes) is 21. The third-order valence-electron chi connectivity index (χ3n) is 6.99. The Bertz CT molecular complexity index is 511. The van der Waals surface area contributed by atoms with E-state index in [2.05, 4.69) is 46.2 Å². The van der Waals surface area contributed by atoms with Crippen molar-refractivity contribution < 1.29 is 13.6 Å². The second-order valence-corrected chi connectivity index (χ2v) is 22.4. The normalized spacial score (nSPS) is 13.2. The van der Waals surface area contributed by atoms with Crippen molar-refractivity contribution in [3.05, 3.63) is 0 Å². The number of hydrogen-bond acceptors (Lipinski definition) is 3. The first-order valence-electron chi connectivity index (χ1n) is 16.5. The van der Waals surface area contributed by atoms with E-state index in [-0.39, 0.29) is 12.1 Å². The van der Waals surface area contributed by atoms with E-state index in [4.69, 9.17) is 8.85 Å². The Hall–Kier alpha value is -0.136. The van der Waals surface area contributed by atoms with Crippen LogP contribution in [0.25, 0.3) is 0 Å². The zero-order chi connectivity index (χ0) is 27.8. The summed E-state index contributed by atoms with van der Waals surface area (Å²) in [7, 11) is -3.63. The zero-order valence-electron chi connectivity index (χ0n) is 26.6. The van der Waals surface area contributed by atoms with E-state index >= 15 is 0 Å². The molecule has 1 unspecified atom stereocenters. The summed E-state index contributed by atoms with van der Waals surface area (Å²) in [5.41, 5.74) is 0. The van der Waals surface area contributed by atoms with E-state index < -0.39 is 16.6 Å². The summed E-state index contributed by atoms with van der Waals surface area (Å²) in [5, 5.41) is 0. The van der Waals surface area contributed by atoms with E-state index in [1.165, 1.54) is 135 Å². The van der Waals surface area contributed by atoms with Crippen molar-refractivity contribution in [1.29, 1.82) is 0 Å². The molecule has 222 valence electrons. The molecule has 1 atom stereocenters. The average molecular weight is 557 g/mol. The third kappa shape index (κ3) is 28.7. The van der Waals surface area contributed by atoms with Gasteiger partial charge >= 0.3 is 5.97 Å². The second kappa shape index (κ2) is 23.7. The number of carbonyl (C=O) groups is 1. The summed E-state index contributed by atoms with van der Waals surface area (Å²) in [6.07, 6.45) is 31.2. The minimum absolute atomic E-state index is 0.120. The lowest BCUT2D eigenvalue weighted by atomic mass is 10.0. The molecule has 0 heterocycles. The van der Waals surface area contributed by atoms with Crippen LogP contribution in [0.3, 0.4) is 0 Å². The fraction of sp³-hybridized carbons (Fsp3) is 0.969. The molecule has 0 aliphatic heterocycles. The molecule has 5 heteroatoms. The Balaban J connectivity index is 3.51. The minimum atomic E-state index is -1.87. The molecule has 0 aliphatic carbocycles. The topological polar surface area (TPSA) is 35.5 Å². The van der Waals surface area contributed by atoms with Gasteiger partial charge in [-0.15, -0.1) is 0 Å². The Morgan fingerprint density at radius 2 is 0.784 bits per heavy atom. The Kier molecular flexibility index (Phi) is 23.6. The van der Waals surface area contributed by atoms with Gasteiger partial charge in [0.1, 0.15) is 6.10 Å². The highest BCUT2D eigenvalue weighted by molar-refractivity contribution is 6.71. The van der Waals surface area contributed by atoms with E-state index in [1.54, 1.807) is 0 Å². The summed E-state index contributed by atoms with van der Waals surface area (Å²) in [5.74, 6) is -0.120. The lowest BCUT2D eigenvalue weighted by Crippen LogP contribution is -2.41. The fourth-order valence-electron chi connectivity index (χ4n) is 4.96. The van der Waals surface area contributed by atoms with Gasteiger partial charge in [0.25, 0.3) is 0 Å². The maximum absolute atomic E-state index is 12.6. The zero-order valence-corrected chi connectivity index (χ0v) is 28.6. The Labute approximate surface area is 235 Å². The SMILES string of the molecule is CCCCCCCCCCCCCCCCCCCCCCCCC(O[Si](C)(C)C)C(=O)O[Si](C)(C)C. The summed E-state index contributed by atoms with van der Waals surface area (Å²) >= 11 is 0. The van der Waals surface area contributed by atoms with Gasteiger partial charge < -0.3 is 8.85 Å². The maximum Gasteiger partial charge on any atom is 0.320 e. The predicted molar refractivity (Wildman–Crippen MR) is 170 cm³/mol. The highest BCUT2D eigenvalue weighted by Gasteiger charge is 2.30. The Morgan fingerprint density at radius 1 is 0.486 bits per heavy atom. The van der Waals surface area contributed by atoms with Crippen molar-refractivity contribution in [2.45, 2.75) is 200 Å². The lowest BCUT2D eigenvalue weighted by molar-refractivity contribution is -0.143. The number of hydrogen-bond donors (Lipinski definition) is 0. The van der Waals surface area contributed by atoms with Crippen LogP contribution in [-0.4, -0.2) is 28.7 Å². The highest BCUT2D eigenvalue weighted by atomic mass is 28.4. The maximum atomic E-state index is 12.6. The molecule has 3 nitrogen and oxygen atoms in total. The van der Waals surface area contributed by atoms with Crippen molar-refractivity contribution in [1.82, 2.24) is 0 Å². The van der Waals surface area contributed by atoms with Gasteiger partial charge in [0.05, 0.1) is 0 Å². The molecular formula is C32H68O3Si2. The van der Waals surface area contributed by atoms with Gasteiger partial charge in [-0.05, 0) is 45.7 Å². The van der Waals surface area contributed by atoms with E-state index in [9.17, 15) is 4.79 Å². The second-order valence-electron chi connectivity index (χ2n) is 13.5. The van der Waals surface area contributed by atoms with E-state index in [0.29, 0.717) is 0 Å². The standard InChI is InChI=1S/C32H68O3Si2/c1-8-9-10-11-12-13-14-15-16-17-18-19-20-21-22-23-24-25-26-27-28-29-30-31(34-36(2,3)4)32(33)35-37(5,6)7/h31H,8-30H2,1-7H3. The van der Waals surface area contributed by atoms with Crippen LogP contribution < -0.4 is 0 Å². The van der Waals surface area contributed by atoms with Crippen LogP contribution in [0.2, 0.25) is 39.3 Å². The van der Waals surface area contributed by atoms with Crippen molar-refractivity contribution in [2.75, 3.05) is 0 Å². The van der Waals surface area contributed by atoms with Crippen molar-refractivity contribution >= 4 is 22.6 Å². The van der Waals surface area contributed by atoms with Crippen LogP contribution in [-0.2, 0) is 13.6 Å². The van der Waals surface area contributed by atoms with Crippen LogP contribution in [0, 0.1) is 0 Å². The molecule has 0 rings (SSSR count). The fourth-order valence-corrected chi connectivity index (χ4v) is 6.76. The van der Waals surface area contributed by atoms with Gasteiger partial charge in [0, 0.05) is 0 Å². The molecule has 0 N–H and O–H groups in total. The molecule has 0 fully saturated rings. The molecule has 0 aliphatic rings. The van der Waals surface area contributed by atoms with Crippen molar-refractivity contribution in [3.8, 4) is 0 Å². The molecule has 0 bridgehead atoms. The molecule has 0 aromatic rings. The van der Waals surface area contributed by atoms with Gasteiger partial charge in [0.15, 0.2) is 8.32 Å². The van der Waals surface area contributed by atoms with Crippen LogP contribution in [0.1, 0.15) is 155 Å². The molecule has 37 heavy (non-hydrogen) atoms. The summed E-state index contributed by atoms with van der Waals surface area (Å²) in [4.78, 5) is 12.6. The Morgan fingerprint density at radius 3 is 1.05 bits per heavy atom.